The molecule has 0 heterocycles. The lowest BCUT2D eigenvalue weighted by Gasteiger charge is -2.23. The standard InChI is InChI=1S/C13H30N2O2/c1-13(2,11-14)7-5-6-8-15(3)9-12(16)10-17-4/h12,16H,5-11,14H2,1-4H3. The largest absolute Gasteiger partial charge is 0.389 e. The molecule has 0 aromatic carbocycles. The summed E-state index contributed by atoms with van der Waals surface area (Å²) in [5, 5.41) is 9.56. The molecule has 0 aromatic heterocycles. The molecule has 0 rings (SSSR count). The lowest BCUT2D eigenvalue weighted by Crippen LogP contribution is -2.32. The first-order chi connectivity index (χ1) is 7.91. The summed E-state index contributed by atoms with van der Waals surface area (Å²) in [7, 11) is 3.64. The van der Waals surface area contributed by atoms with Crippen LogP contribution in [0.5, 0.6) is 0 Å². The monoisotopic (exact) mass is 246 g/mol. The predicted octanol–water partition coefficient (Wildman–Crippen LogP) is 1.08. The molecule has 4 nitrogen and oxygen atoms in total. The van der Waals surface area contributed by atoms with Crippen molar-refractivity contribution in [3.63, 3.8) is 0 Å². The summed E-state index contributed by atoms with van der Waals surface area (Å²) in [5.41, 5.74) is 5.95. The van der Waals surface area contributed by atoms with E-state index in [9.17, 15) is 5.11 Å². The molecule has 0 radical (unpaired) electrons. The van der Waals surface area contributed by atoms with E-state index in [0.717, 1.165) is 25.9 Å². The number of aliphatic hydroxyl groups is 1. The number of methoxy groups -OCH3 is 1. The number of likely N-dealkylation sites (N-methyl/N-ethyl adjacent to an activating group) is 1. The van der Waals surface area contributed by atoms with Gasteiger partial charge in [-0.25, -0.2) is 0 Å². The van der Waals surface area contributed by atoms with Crippen LogP contribution in [0.25, 0.3) is 0 Å². The molecule has 17 heavy (non-hydrogen) atoms. The number of unbranched alkanes of at least 4 members (excludes halogenated alkanes) is 1. The Morgan fingerprint density at radius 2 is 2.00 bits per heavy atom. The molecule has 3 N–H and O–H groups in total. The molecule has 4 heteroatoms. The smallest absolute Gasteiger partial charge is 0.0899 e. The lowest BCUT2D eigenvalue weighted by molar-refractivity contribution is 0.0429. The number of nitrogens with zero attached hydrogens (tertiary/aromatic N) is 1. The van der Waals surface area contributed by atoms with Gasteiger partial charge >= 0.3 is 0 Å². The molecule has 0 saturated carbocycles. The van der Waals surface area contributed by atoms with Crippen LogP contribution < -0.4 is 5.73 Å². The van der Waals surface area contributed by atoms with Gasteiger partial charge in [0.2, 0.25) is 0 Å². The Bertz CT molecular complexity index is 186. The second-order valence-corrected chi connectivity index (χ2v) is 5.70. The molecule has 0 saturated heterocycles. The summed E-state index contributed by atoms with van der Waals surface area (Å²) in [5.74, 6) is 0. The Morgan fingerprint density at radius 3 is 2.53 bits per heavy atom. The Morgan fingerprint density at radius 1 is 1.35 bits per heavy atom. The topological polar surface area (TPSA) is 58.7 Å². The molecule has 0 aliphatic rings. The maximum absolute atomic E-state index is 9.56. The van der Waals surface area contributed by atoms with Gasteiger partial charge in [-0.05, 0) is 38.4 Å². The van der Waals surface area contributed by atoms with Crippen molar-refractivity contribution in [2.75, 3.05) is 40.4 Å². The van der Waals surface area contributed by atoms with Gasteiger partial charge in [-0.2, -0.15) is 0 Å². The van der Waals surface area contributed by atoms with Gasteiger partial charge in [-0.1, -0.05) is 20.3 Å². The minimum absolute atomic E-state index is 0.258. The van der Waals surface area contributed by atoms with E-state index in [4.69, 9.17) is 10.5 Å². The maximum Gasteiger partial charge on any atom is 0.0899 e. The van der Waals surface area contributed by atoms with Gasteiger partial charge in [0.05, 0.1) is 12.7 Å². The fourth-order valence-corrected chi connectivity index (χ4v) is 1.78. The minimum atomic E-state index is -0.384. The second kappa shape index (κ2) is 8.86. The first kappa shape index (κ1) is 16.8. The van der Waals surface area contributed by atoms with Crippen LogP contribution in [-0.2, 0) is 4.74 Å². The van der Waals surface area contributed by atoms with Crippen molar-refractivity contribution >= 4 is 0 Å². The van der Waals surface area contributed by atoms with Crippen LogP contribution in [0.4, 0.5) is 0 Å². The quantitative estimate of drug-likeness (QED) is 0.566. The van der Waals surface area contributed by atoms with E-state index in [1.807, 2.05) is 7.05 Å². The molecule has 0 aromatic rings. The number of hydrogen-bond acceptors (Lipinski definition) is 4. The van der Waals surface area contributed by atoms with E-state index in [1.165, 1.54) is 6.42 Å². The first-order valence-corrected chi connectivity index (χ1v) is 6.47. The minimum Gasteiger partial charge on any atom is -0.389 e. The molecule has 0 spiro atoms. The highest BCUT2D eigenvalue weighted by molar-refractivity contribution is 4.69. The van der Waals surface area contributed by atoms with Crippen molar-refractivity contribution in [3.8, 4) is 0 Å². The Hall–Kier alpha value is -0.160. The number of nitrogens with two attached hydrogens (primary N) is 1. The summed E-state index contributed by atoms with van der Waals surface area (Å²) in [6, 6.07) is 0. The number of rotatable bonds is 10. The fraction of sp³-hybridized carbons (Fsp3) is 1.00. The zero-order valence-corrected chi connectivity index (χ0v) is 11.9. The van der Waals surface area contributed by atoms with Gasteiger partial charge in [0.25, 0.3) is 0 Å². The number of ether oxygens (including phenoxy) is 1. The molecule has 0 amide bonds. The Labute approximate surface area is 106 Å². The third-order valence-corrected chi connectivity index (χ3v) is 3.08. The van der Waals surface area contributed by atoms with Gasteiger partial charge in [-0.3, -0.25) is 0 Å². The average molecular weight is 246 g/mol. The summed E-state index contributed by atoms with van der Waals surface area (Å²) in [6.45, 7) is 7.26. The van der Waals surface area contributed by atoms with Gasteiger partial charge < -0.3 is 20.5 Å². The molecule has 1 atom stereocenters. The molecule has 1 unspecified atom stereocenters. The number of aliphatic hydroxyl groups excluding tert-OH is 1. The van der Waals surface area contributed by atoms with Crippen LogP contribution in [0.1, 0.15) is 33.1 Å². The van der Waals surface area contributed by atoms with Crippen LogP contribution in [0, 0.1) is 5.41 Å². The molecule has 104 valence electrons. The molecule has 0 fully saturated rings. The first-order valence-electron chi connectivity index (χ1n) is 6.47. The molecule has 0 bridgehead atoms. The zero-order chi connectivity index (χ0) is 13.3. The molecule has 0 aliphatic carbocycles. The van der Waals surface area contributed by atoms with Crippen LogP contribution >= 0.6 is 0 Å². The lowest BCUT2D eigenvalue weighted by atomic mass is 9.87. The van der Waals surface area contributed by atoms with Crippen molar-refractivity contribution in [3.05, 3.63) is 0 Å². The highest BCUT2D eigenvalue weighted by atomic mass is 16.5. The Kier molecular flexibility index (Phi) is 8.78. The van der Waals surface area contributed by atoms with Crippen LogP contribution in [-0.4, -0.2) is 56.5 Å². The summed E-state index contributed by atoms with van der Waals surface area (Å²) in [6.07, 6.45) is 3.12. The van der Waals surface area contributed by atoms with E-state index in [2.05, 4.69) is 18.7 Å². The predicted molar refractivity (Wildman–Crippen MR) is 72.1 cm³/mol. The third-order valence-electron chi connectivity index (χ3n) is 3.08. The molecular weight excluding hydrogens is 216 g/mol. The maximum atomic E-state index is 9.56. The van der Waals surface area contributed by atoms with Crippen molar-refractivity contribution in [1.82, 2.24) is 4.90 Å². The van der Waals surface area contributed by atoms with Crippen molar-refractivity contribution < 1.29 is 9.84 Å². The molecule has 0 aliphatic heterocycles. The summed E-state index contributed by atoms with van der Waals surface area (Å²) < 4.78 is 4.90. The van der Waals surface area contributed by atoms with Gasteiger partial charge in [0.1, 0.15) is 0 Å². The average Bonchev–Trinajstić information content (AvgIpc) is 2.25. The SMILES string of the molecule is COCC(O)CN(C)CCCCC(C)(C)CN. The van der Waals surface area contributed by atoms with E-state index >= 15 is 0 Å². The van der Waals surface area contributed by atoms with E-state index < -0.39 is 0 Å². The summed E-state index contributed by atoms with van der Waals surface area (Å²) >= 11 is 0. The van der Waals surface area contributed by atoms with Crippen LogP contribution in [0.15, 0.2) is 0 Å². The second-order valence-electron chi connectivity index (χ2n) is 5.70. The fourth-order valence-electron chi connectivity index (χ4n) is 1.78. The highest BCUT2D eigenvalue weighted by Gasteiger charge is 2.14. The normalized spacial score (nSPS) is 14.3. The molecular formula is C13H30N2O2. The van der Waals surface area contributed by atoms with E-state index in [-0.39, 0.29) is 11.5 Å². The van der Waals surface area contributed by atoms with Gasteiger partial charge in [0, 0.05) is 13.7 Å². The van der Waals surface area contributed by atoms with E-state index in [0.29, 0.717) is 13.2 Å². The van der Waals surface area contributed by atoms with Gasteiger partial charge in [-0.15, -0.1) is 0 Å². The Balaban J connectivity index is 3.54. The van der Waals surface area contributed by atoms with Crippen molar-refractivity contribution in [1.29, 1.82) is 0 Å². The van der Waals surface area contributed by atoms with E-state index in [1.54, 1.807) is 7.11 Å². The zero-order valence-electron chi connectivity index (χ0n) is 11.9. The summed E-state index contributed by atoms with van der Waals surface area (Å²) in [4.78, 5) is 2.15. The number of hydrogen-bond donors (Lipinski definition) is 2. The van der Waals surface area contributed by atoms with Crippen LogP contribution in [0.3, 0.4) is 0 Å². The van der Waals surface area contributed by atoms with Crippen molar-refractivity contribution in [2.24, 2.45) is 11.1 Å². The van der Waals surface area contributed by atoms with Crippen molar-refractivity contribution in [2.45, 2.75) is 39.2 Å². The van der Waals surface area contributed by atoms with Crippen LogP contribution in [0.2, 0.25) is 0 Å². The highest BCUT2D eigenvalue weighted by Crippen LogP contribution is 2.21. The van der Waals surface area contributed by atoms with Gasteiger partial charge in [0.15, 0.2) is 0 Å². The third kappa shape index (κ3) is 9.53.